The normalized spacial score (nSPS) is 10.9. The van der Waals surface area contributed by atoms with Crippen molar-refractivity contribution in [2.75, 3.05) is 18.5 Å². The summed E-state index contributed by atoms with van der Waals surface area (Å²) in [6.07, 6.45) is -1.57. The first-order valence-corrected chi connectivity index (χ1v) is 11.3. The van der Waals surface area contributed by atoms with Crippen LogP contribution >= 0.6 is 11.3 Å². The standard InChI is InChI=1S/C21H20F3N7O4S/c1-3-26-19(33)29-16-6-13(18-28-15(10-36-18)21(22,23)24)14(9-27-16)11-5-12(8-25-7-11)17(32)30-31-20(34)35-4-2/h5-10H,3-4H2,1-2H3,(H,30,32)(H,31,34)(H2,26,27,29,33). The van der Waals surface area contributed by atoms with Crippen LogP contribution in [-0.2, 0) is 10.9 Å². The maximum absolute atomic E-state index is 13.2. The number of hydrogen-bond donors (Lipinski definition) is 4. The van der Waals surface area contributed by atoms with Crippen LogP contribution in [0.15, 0.2) is 36.1 Å². The van der Waals surface area contributed by atoms with Crippen molar-refractivity contribution in [1.82, 2.24) is 31.1 Å². The van der Waals surface area contributed by atoms with Crippen LogP contribution in [0, 0.1) is 0 Å². The molecule has 190 valence electrons. The SMILES string of the molecule is CCNC(=O)Nc1cc(-c2nc(C(F)(F)F)cs2)c(-c2cncc(C(=O)NNC(=O)OCC)c2)cn1. The van der Waals surface area contributed by atoms with Crippen molar-refractivity contribution in [1.29, 1.82) is 0 Å². The van der Waals surface area contributed by atoms with E-state index in [4.69, 9.17) is 0 Å². The Kier molecular flexibility index (Phi) is 8.37. The molecule has 3 aromatic rings. The summed E-state index contributed by atoms with van der Waals surface area (Å²) in [5.41, 5.74) is 4.06. The lowest BCUT2D eigenvalue weighted by Crippen LogP contribution is -2.41. The molecule has 0 unspecified atom stereocenters. The number of carbonyl (C=O) groups is 3. The number of nitrogens with one attached hydrogen (secondary N) is 4. The van der Waals surface area contributed by atoms with Gasteiger partial charge in [-0.05, 0) is 26.0 Å². The number of carbonyl (C=O) groups excluding carboxylic acids is 3. The quantitative estimate of drug-likeness (QED) is 0.359. The Hall–Kier alpha value is -4.27. The minimum Gasteiger partial charge on any atom is -0.449 e. The summed E-state index contributed by atoms with van der Waals surface area (Å²) in [4.78, 5) is 47.6. The molecular weight excluding hydrogens is 503 g/mol. The number of hydrogen-bond acceptors (Lipinski definition) is 8. The second-order valence-corrected chi connectivity index (χ2v) is 7.76. The number of rotatable bonds is 6. The Morgan fingerprint density at radius 1 is 1.06 bits per heavy atom. The van der Waals surface area contributed by atoms with Gasteiger partial charge in [0, 0.05) is 47.2 Å². The molecule has 0 atom stereocenters. The van der Waals surface area contributed by atoms with Gasteiger partial charge in [-0.25, -0.2) is 25.0 Å². The first kappa shape index (κ1) is 26.3. The third-order valence-electron chi connectivity index (χ3n) is 4.37. The fourth-order valence-corrected chi connectivity index (χ4v) is 3.69. The van der Waals surface area contributed by atoms with Crippen LogP contribution in [0.4, 0.5) is 28.6 Å². The first-order chi connectivity index (χ1) is 17.1. The number of hydrazine groups is 1. The van der Waals surface area contributed by atoms with Crippen LogP contribution in [0.25, 0.3) is 21.7 Å². The van der Waals surface area contributed by atoms with E-state index < -0.39 is 29.9 Å². The van der Waals surface area contributed by atoms with Gasteiger partial charge < -0.3 is 10.1 Å². The van der Waals surface area contributed by atoms with E-state index in [2.05, 4.69) is 41.2 Å². The number of amides is 4. The number of anilines is 1. The monoisotopic (exact) mass is 523 g/mol. The van der Waals surface area contributed by atoms with E-state index in [-0.39, 0.29) is 28.6 Å². The molecule has 15 heteroatoms. The fraction of sp³-hybridized carbons (Fsp3) is 0.238. The molecular formula is C21H20F3N7O4S. The van der Waals surface area contributed by atoms with Crippen molar-refractivity contribution >= 4 is 35.2 Å². The minimum atomic E-state index is -4.64. The molecule has 3 rings (SSSR count). The smallest absolute Gasteiger partial charge is 0.434 e. The van der Waals surface area contributed by atoms with Gasteiger partial charge in [-0.15, -0.1) is 11.3 Å². The number of alkyl halides is 3. The highest BCUT2D eigenvalue weighted by Crippen LogP contribution is 2.38. The van der Waals surface area contributed by atoms with Crippen molar-refractivity contribution in [3.05, 3.63) is 47.4 Å². The third-order valence-corrected chi connectivity index (χ3v) is 5.25. The molecule has 0 radical (unpaired) electrons. The number of thiazole rings is 1. The molecule has 3 heterocycles. The van der Waals surface area contributed by atoms with Crippen LogP contribution in [0.5, 0.6) is 0 Å². The predicted octanol–water partition coefficient (Wildman–Crippen LogP) is 3.82. The third kappa shape index (κ3) is 6.65. The topological polar surface area (TPSA) is 147 Å². The Morgan fingerprint density at radius 2 is 1.83 bits per heavy atom. The number of halogens is 3. The molecule has 0 bridgehead atoms. The highest BCUT2D eigenvalue weighted by atomic mass is 32.1. The van der Waals surface area contributed by atoms with E-state index in [9.17, 15) is 27.6 Å². The van der Waals surface area contributed by atoms with Crippen LogP contribution in [0.2, 0.25) is 0 Å². The summed E-state index contributed by atoms with van der Waals surface area (Å²) < 4.78 is 44.2. The Balaban J connectivity index is 1.99. The van der Waals surface area contributed by atoms with Crippen LogP contribution in [0.3, 0.4) is 0 Å². The lowest BCUT2D eigenvalue weighted by molar-refractivity contribution is -0.140. The Bertz CT molecular complexity index is 1270. The molecule has 4 amide bonds. The van der Waals surface area contributed by atoms with E-state index in [1.165, 1.54) is 30.7 Å². The second-order valence-electron chi connectivity index (χ2n) is 6.90. The van der Waals surface area contributed by atoms with E-state index in [1.807, 2.05) is 0 Å². The van der Waals surface area contributed by atoms with Gasteiger partial charge in [-0.1, -0.05) is 0 Å². The van der Waals surface area contributed by atoms with E-state index in [0.717, 1.165) is 16.7 Å². The zero-order chi connectivity index (χ0) is 26.3. The van der Waals surface area contributed by atoms with Crippen LogP contribution < -0.4 is 21.5 Å². The molecule has 3 aromatic heterocycles. The molecule has 36 heavy (non-hydrogen) atoms. The van der Waals surface area contributed by atoms with Crippen molar-refractivity contribution in [3.63, 3.8) is 0 Å². The number of urea groups is 1. The molecule has 0 saturated heterocycles. The zero-order valence-electron chi connectivity index (χ0n) is 18.9. The van der Waals surface area contributed by atoms with Gasteiger partial charge in [0.1, 0.15) is 10.8 Å². The van der Waals surface area contributed by atoms with Gasteiger partial charge in [0.25, 0.3) is 5.91 Å². The summed E-state index contributed by atoms with van der Waals surface area (Å²) >= 11 is 0.754. The van der Waals surface area contributed by atoms with E-state index >= 15 is 0 Å². The number of ether oxygens (including phenoxy) is 1. The summed E-state index contributed by atoms with van der Waals surface area (Å²) in [7, 11) is 0. The van der Waals surface area contributed by atoms with Crippen LogP contribution in [-0.4, -0.2) is 46.1 Å². The van der Waals surface area contributed by atoms with Crippen molar-refractivity contribution in [2.24, 2.45) is 0 Å². The highest BCUT2D eigenvalue weighted by molar-refractivity contribution is 7.13. The minimum absolute atomic E-state index is 0.0116. The average Bonchev–Trinajstić information content (AvgIpc) is 3.34. The summed E-state index contributed by atoms with van der Waals surface area (Å²) in [6, 6.07) is 2.23. The van der Waals surface area contributed by atoms with Gasteiger partial charge in [-0.2, -0.15) is 13.2 Å². The maximum Gasteiger partial charge on any atom is 0.434 e. The van der Waals surface area contributed by atoms with Crippen molar-refractivity contribution in [3.8, 4) is 21.7 Å². The van der Waals surface area contributed by atoms with Crippen LogP contribution in [0.1, 0.15) is 29.9 Å². The highest BCUT2D eigenvalue weighted by Gasteiger charge is 2.34. The summed E-state index contributed by atoms with van der Waals surface area (Å²) in [5, 5.41) is 5.91. The zero-order valence-corrected chi connectivity index (χ0v) is 19.7. The molecule has 0 spiro atoms. The fourth-order valence-electron chi connectivity index (χ4n) is 2.84. The van der Waals surface area contributed by atoms with Gasteiger partial charge in [0.2, 0.25) is 0 Å². The number of aromatic nitrogens is 3. The maximum atomic E-state index is 13.2. The van der Waals surface area contributed by atoms with Gasteiger partial charge >= 0.3 is 18.3 Å². The first-order valence-electron chi connectivity index (χ1n) is 10.4. The van der Waals surface area contributed by atoms with Gasteiger partial charge in [0.15, 0.2) is 5.69 Å². The van der Waals surface area contributed by atoms with E-state index in [1.54, 1.807) is 13.8 Å². The lowest BCUT2D eigenvalue weighted by Gasteiger charge is -2.12. The average molecular weight is 523 g/mol. The molecule has 0 saturated carbocycles. The molecule has 0 fully saturated rings. The molecule has 0 aromatic carbocycles. The Morgan fingerprint density at radius 3 is 2.50 bits per heavy atom. The van der Waals surface area contributed by atoms with Crippen molar-refractivity contribution < 1.29 is 32.3 Å². The van der Waals surface area contributed by atoms with Gasteiger partial charge in [-0.3, -0.25) is 20.5 Å². The summed E-state index contributed by atoms with van der Waals surface area (Å²) in [6.45, 7) is 3.77. The number of nitrogens with zero attached hydrogens (tertiary/aromatic N) is 3. The number of pyridine rings is 2. The molecule has 0 aliphatic rings. The van der Waals surface area contributed by atoms with E-state index in [0.29, 0.717) is 17.7 Å². The second kappa shape index (κ2) is 11.4. The molecule has 11 nitrogen and oxygen atoms in total. The molecule has 0 aliphatic heterocycles. The van der Waals surface area contributed by atoms with Gasteiger partial charge in [0.05, 0.1) is 12.2 Å². The predicted molar refractivity (Wildman–Crippen MR) is 124 cm³/mol. The van der Waals surface area contributed by atoms with Crippen molar-refractivity contribution in [2.45, 2.75) is 20.0 Å². The molecule has 4 N–H and O–H groups in total. The Labute approximate surface area is 206 Å². The largest absolute Gasteiger partial charge is 0.449 e. The lowest BCUT2D eigenvalue weighted by atomic mass is 10.0. The summed E-state index contributed by atoms with van der Waals surface area (Å²) in [5.74, 6) is -0.640. The molecule has 0 aliphatic carbocycles.